The van der Waals surface area contributed by atoms with Crippen molar-refractivity contribution in [2.45, 2.75) is 51.7 Å². The molecule has 0 aliphatic carbocycles. The Morgan fingerprint density at radius 2 is 1.74 bits per heavy atom. The first-order chi connectivity index (χ1) is 12.0. The molecule has 1 aromatic rings. The molecule has 0 saturated carbocycles. The fraction of sp³-hybridized carbons (Fsp3) is 0.529. The van der Waals surface area contributed by atoms with Crippen LogP contribution in [-0.2, 0) is 15.7 Å². The molecule has 0 fully saturated rings. The smallest absolute Gasteiger partial charge is 0.417 e. The molecule has 0 aromatic heterocycles. The van der Waals surface area contributed by atoms with E-state index < -0.39 is 53.3 Å². The number of alkyl halides is 6. The van der Waals surface area contributed by atoms with E-state index in [-0.39, 0.29) is 0 Å². The molecule has 0 saturated heterocycles. The summed E-state index contributed by atoms with van der Waals surface area (Å²) in [4.78, 5) is 12.6. The number of ether oxygens (including phenoxy) is 1. The number of nitrogens with zero attached hydrogens (tertiary/aromatic N) is 2. The SMILES string of the molecule is C[C@@H](C(=O)OC(C)(C)C)N(CC(F)(F)F)c1ccc(C#N)c(C(F)(F)F)c1. The monoisotopic (exact) mass is 396 g/mol. The minimum atomic E-state index is -4.94. The molecule has 4 nitrogen and oxygen atoms in total. The normalized spacial score (nSPS) is 13.7. The van der Waals surface area contributed by atoms with Crippen molar-refractivity contribution in [2.24, 2.45) is 0 Å². The minimum Gasteiger partial charge on any atom is -0.458 e. The van der Waals surface area contributed by atoms with E-state index in [4.69, 9.17) is 10.00 Å². The molecule has 0 bridgehead atoms. The number of anilines is 1. The molecule has 0 N–H and O–H groups in total. The second-order valence-corrected chi connectivity index (χ2v) is 6.79. The van der Waals surface area contributed by atoms with Crippen molar-refractivity contribution in [3.05, 3.63) is 29.3 Å². The maximum Gasteiger partial charge on any atom is 0.417 e. The molecule has 1 atom stereocenters. The number of carbonyl (C=O) groups is 1. The average molecular weight is 396 g/mol. The third-order valence-corrected chi connectivity index (χ3v) is 3.33. The lowest BCUT2D eigenvalue weighted by Crippen LogP contribution is -2.47. The molecular weight excluding hydrogens is 378 g/mol. The molecule has 0 spiro atoms. The standard InChI is InChI=1S/C17H18F6N2O2/c1-10(14(26)27-15(2,3)4)25(9-16(18,19)20)12-6-5-11(8-24)13(7-12)17(21,22)23/h5-7,10H,9H2,1-4H3/t10-/m0/s1. The van der Waals surface area contributed by atoms with Crippen LogP contribution in [0.2, 0.25) is 0 Å². The van der Waals surface area contributed by atoms with Gasteiger partial charge in [0.2, 0.25) is 0 Å². The van der Waals surface area contributed by atoms with Crippen LogP contribution in [0.1, 0.15) is 38.8 Å². The third kappa shape index (κ3) is 6.66. The van der Waals surface area contributed by atoms with Gasteiger partial charge in [-0.05, 0) is 45.9 Å². The molecule has 150 valence electrons. The van der Waals surface area contributed by atoms with Gasteiger partial charge in [-0.25, -0.2) is 4.79 Å². The van der Waals surface area contributed by atoms with Crippen LogP contribution in [0.15, 0.2) is 18.2 Å². The second-order valence-electron chi connectivity index (χ2n) is 6.79. The Labute approximate surface area is 152 Å². The van der Waals surface area contributed by atoms with Crippen molar-refractivity contribution in [1.82, 2.24) is 0 Å². The highest BCUT2D eigenvalue weighted by atomic mass is 19.4. The number of halogens is 6. The summed E-state index contributed by atoms with van der Waals surface area (Å²) < 4.78 is 83.3. The minimum absolute atomic E-state index is 0.422. The first-order valence-electron chi connectivity index (χ1n) is 7.73. The first kappa shape index (κ1) is 22.6. The summed E-state index contributed by atoms with van der Waals surface area (Å²) in [5, 5.41) is 8.80. The van der Waals surface area contributed by atoms with Gasteiger partial charge >= 0.3 is 18.3 Å². The van der Waals surface area contributed by atoms with Crippen LogP contribution in [0.5, 0.6) is 0 Å². The molecule has 0 heterocycles. The van der Waals surface area contributed by atoms with Crippen LogP contribution in [0, 0.1) is 11.3 Å². The van der Waals surface area contributed by atoms with Crippen LogP contribution in [-0.4, -0.2) is 30.3 Å². The Morgan fingerprint density at radius 1 is 1.19 bits per heavy atom. The van der Waals surface area contributed by atoms with E-state index in [0.717, 1.165) is 19.1 Å². The largest absolute Gasteiger partial charge is 0.458 e. The number of benzene rings is 1. The van der Waals surface area contributed by atoms with Crippen molar-refractivity contribution in [3.8, 4) is 6.07 Å². The van der Waals surface area contributed by atoms with E-state index in [1.54, 1.807) is 0 Å². The van der Waals surface area contributed by atoms with Gasteiger partial charge in [0, 0.05) is 5.69 Å². The quantitative estimate of drug-likeness (QED) is 0.548. The lowest BCUT2D eigenvalue weighted by Gasteiger charge is -2.33. The van der Waals surface area contributed by atoms with Gasteiger partial charge in [-0.15, -0.1) is 0 Å². The summed E-state index contributed by atoms with van der Waals surface area (Å²) in [6.07, 6.45) is -9.73. The van der Waals surface area contributed by atoms with Crippen molar-refractivity contribution in [2.75, 3.05) is 11.4 Å². The Balaban J connectivity index is 3.41. The highest BCUT2D eigenvalue weighted by molar-refractivity contribution is 5.80. The van der Waals surface area contributed by atoms with E-state index in [0.29, 0.717) is 11.0 Å². The van der Waals surface area contributed by atoms with Crippen LogP contribution >= 0.6 is 0 Å². The van der Waals surface area contributed by atoms with Crippen LogP contribution in [0.3, 0.4) is 0 Å². The molecule has 0 aliphatic heterocycles. The van der Waals surface area contributed by atoms with Gasteiger partial charge in [-0.2, -0.15) is 31.6 Å². The van der Waals surface area contributed by atoms with Crippen molar-refractivity contribution >= 4 is 11.7 Å². The molecule has 0 amide bonds. The lowest BCUT2D eigenvalue weighted by atomic mass is 10.1. The van der Waals surface area contributed by atoms with Gasteiger partial charge in [0.1, 0.15) is 18.2 Å². The van der Waals surface area contributed by atoms with Crippen molar-refractivity contribution in [1.29, 1.82) is 5.26 Å². The van der Waals surface area contributed by atoms with Crippen molar-refractivity contribution in [3.63, 3.8) is 0 Å². The first-order valence-corrected chi connectivity index (χ1v) is 7.73. The van der Waals surface area contributed by atoms with Crippen LogP contribution in [0.25, 0.3) is 0 Å². The van der Waals surface area contributed by atoms with E-state index in [1.165, 1.54) is 26.8 Å². The summed E-state index contributed by atoms with van der Waals surface area (Å²) in [6, 6.07) is 1.95. The zero-order valence-electron chi connectivity index (χ0n) is 15.0. The summed E-state index contributed by atoms with van der Waals surface area (Å²) in [5.41, 5.74) is -3.61. The molecule has 10 heteroatoms. The summed E-state index contributed by atoms with van der Waals surface area (Å²) in [6.45, 7) is 3.96. The molecule has 27 heavy (non-hydrogen) atoms. The Bertz CT molecular complexity index is 729. The molecular formula is C17H18F6N2O2. The Hall–Kier alpha value is -2.44. The number of nitriles is 1. The third-order valence-electron chi connectivity index (χ3n) is 3.33. The van der Waals surface area contributed by atoms with Crippen LogP contribution < -0.4 is 4.90 Å². The number of esters is 1. The van der Waals surface area contributed by atoms with E-state index in [9.17, 15) is 31.1 Å². The van der Waals surface area contributed by atoms with Gasteiger partial charge in [0.05, 0.1) is 17.2 Å². The predicted molar refractivity (Wildman–Crippen MR) is 84.9 cm³/mol. The molecule has 1 aromatic carbocycles. The predicted octanol–water partition coefficient (Wildman–Crippen LogP) is 4.68. The molecule has 0 unspecified atom stereocenters. The topological polar surface area (TPSA) is 53.3 Å². The zero-order chi connectivity index (χ0) is 21.2. The number of rotatable bonds is 4. The Kier molecular flexibility index (Phi) is 6.41. The highest BCUT2D eigenvalue weighted by Crippen LogP contribution is 2.35. The second kappa shape index (κ2) is 7.66. The van der Waals surface area contributed by atoms with Crippen molar-refractivity contribution < 1.29 is 35.9 Å². The fourth-order valence-corrected chi connectivity index (χ4v) is 2.20. The maximum atomic E-state index is 13.1. The summed E-state index contributed by atoms with van der Waals surface area (Å²) in [5.74, 6) is -1.02. The van der Waals surface area contributed by atoms with E-state index in [1.807, 2.05) is 0 Å². The maximum absolute atomic E-state index is 13.1. The van der Waals surface area contributed by atoms with Gasteiger partial charge < -0.3 is 9.64 Å². The Morgan fingerprint density at radius 3 is 2.15 bits per heavy atom. The van der Waals surface area contributed by atoms with E-state index in [2.05, 4.69) is 0 Å². The highest BCUT2D eigenvalue weighted by Gasteiger charge is 2.39. The summed E-state index contributed by atoms with van der Waals surface area (Å²) >= 11 is 0. The van der Waals surface area contributed by atoms with Crippen LogP contribution in [0.4, 0.5) is 32.0 Å². The fourth-order valence-electron chi connectivity index (χ4n) is 2.20. The van der Waals surface area contributed by atoms with Gasteiger partial charge in [-0.3, -0.25) is 0 Å². The average Bonchev–Trinajstić information content (AvgIpc) is 2.48. The molecule has 1 rings (SSSR count). The molecule has 0 radical (unpaired) electrons. The van der Waals surface area contributed by atoms with Gasteiger partial charge in [-0.1, -0.05) is 0 Å². The lowest BCUT2D eigenvalue weighted by molar-refractivity contribution is -0.157. The number of hydrogen-bond donors (Lipinski definition) is 0. The molecule has 0 aliphatic rings. The zero-order valence-corrected chi connectivity index (χ0v) is 15.0. The summed E-state index contributed by atoms with van der Waals surface area (Å²) in [7, 11) is 0. The number of hydrogen-bond acceptors (Lipinski definition) is 4. The van der Waals surface area contributed by atoms with Gasteiger partial charge in [0.15, 0.2) is 0 Å². The van der Waals surface area contributed by atoms with Gasteiger partial charge in [0.25, 0.3) is 0 Å². The van der Waals surface area contributed by atoms with E-state index >= 15 is 0 Å². The number of carbonyl (C=O) groups excluding carboxylic acids is 1.